The second-order valence-electron chi connectivity index (χ2n) is 6.18. The van der Waals surface area contributed by atoms with Gasteiger partial charge in [-0.2, -0.15) is 4.31 Å². The summed E-state index contributed by atoms with van der Waals surface area (Å²) in [7, 11) is -7.45. The standard InChI is InChI=1S/C17H17Cl2NO4S2/c1-12-2-3-14(19)10-17(12)26(23,24)20-9-8-16(11-20)25(21,22)15-6-4-13(18)5-7-15/h2-7,10,16H,8-9,11H2,1H3. The third-order valence-electron chi connectivity index (χ3n) is 4.46. The van der Waals surface area contributed by atoms with E-state index in [2.05, 4.69) is 0 Å². The predicted molar refractivity (Wildman–Crippen MR) is 102 cm³/mol. The lowest BCUT2D eigenvalue weighted by molar-refractivity contribution is 0.476. The fourth-order valence-corrected chi connectivity index (χ4v) is 6.88. The average molecular weight is 434 g/mol. The van der Waals surface area contributed by atoms with E-state index < -0.39 is 25.1 Å². The summed E-state index contributed by atoms with van der Waals surface area (Å²) in [5.41, 5.74) is 0.568. The third-order valence-corrected chi connectivity index (χ3v) is 9.14. The SMILES string of the molecule is Cc1ccc(Cl)cc1S(=O)(=O)N1CCC(S(=O)(=O)c2ccc(Cl)cc2)C1. The van der Waals surface area contributed by atoms with Gasteiger partial charge in [-0.25, -0.2) is 16.8 Å². The van der Waals surface area contributed by atoms with Crippen molar-refractivity contribution in [1.82, 2.24) is 4.31 Å². The van der Waals surface area contributed by atoms with Gasteiger partial charge < -0.3 is 0 Å². The molecule has 0 aliphatic carbocycles. The highest BCUT2D eigenvalue weighted by Crippen LogP contribution is 2.30. The second-order valence-corrected chi connectivity index (χ2v) is 11.2. The Hall–Kier alpha value is -1.12. The van der Waals surface area contributed by atoms with Crippen molar-refractivity contribution in [1.29, 1.82) is 0 Å². The number of sulfone groups is 1. The number of nitrogens with zero attached hydrogens (tertiary/aromatic N) is 1. The number of sulfonamides is 1. The highest BCUT2D eigenvalue weighted by Gasteiger charge is 2.40. The Kier molecular flexibility index (Phi) is 5.38. The first-order chi connectivity index (χ1) is 12.1. The van der Waals surface area contributed by atoms with Gasteiger partial charge in [0.1, 0.15) is 0 Å². The molecule has 1 unspecified atom stereocenters. The number of rotatable bonds is 4. The second kappa shape index (κ2) is 7.13. The first-order valence-electron chi connectivity index (χ1n) is 7.88. The number of hydrogen-bond acceptors (Lipinski definition) is 4. The minimum absolute atomic E-state index is 0.0841. The molecule has 1 aliphatic rings. The molecule has 0 radical (unpaired) electrons. The number of hydrogen-bond donors (Lipinski definition) is 0. The average Bonchev–Trinajstić information content (AvgIpc) is 3.09. The van der Waals surface area contributed by atoms with Crippen molar-refractivity contribution < 1.29 is 16.8 Å². The van der Waals surface area contributed by atoms with Gasteiger partial charge in [-0.3, -0.25) is 0 Å². The summed E-state index contributed by atoms with van der Waals surface area (Å²) < 4.78 is 52.6. The van der Waals surface area contributed by atoms with E-state index in [1.54, 1.807) is 19.1 Å². The van der Waals surface area contributed by atoms with E-state index >= 15 is 0 Å². The normalized spacial score (nSPS) is 19.0. The Bertz CT molecular complexity index is 1030. The Labute approximate surface area is 163 Å². The van der Waals surface area contributed by atoms with Crippen LogP contribution >= 0.6 is 23.2 Å². The minimum atomic E-state index is -3.81. The van der Waals surface area contributed by atoms with Crippen molar-refractivity contribution in [2.75, 3.05) is 13.1 Å². The first-order valence-corrected chi connectivity index (χ1v) is 11.6. The van der Waals surface area contributed by atoms with Gasteiger partial charge in [0.15, 0.2) is 9.84 Å². The van der Waals surface area contributed by atoms with Gasteiger partial charge in [-0.15, -0.1) is 0 Å². The van der Waals surface area contributed by atoms with Crippen LogP contribution in [-0.4, -0.2) is 39.5 Å². The maximum Gasteiger partial charge on any atom is 0.243 e. The molecule has 140 valence electrons. The molecule has 0 N–H and O–H groups in total. The van der Waals surface area contributed by atoms with Crippen molar-refractivity contribution in [2.24, 2.45) is 0 Å². The van der Waals surface area contributed by atoms with Crippen molar-refractivity contribution in [3.8, 4) is 0 Å². The first kappa shape index (κ1) is 19.6. The van der Waals surface area contributed by atoms with E-state index in [1.165, 1.54) is 34.6 Å². The highest BCUT2D eigenvalue weighted by molar-refractivity contribution is 7.92. The van der Waals surface area contributed by atoms with Gasteiger partial charge in [-0.1, -0.05) is 29.3 Å². The van der Waals surface area contributed by atoms with Crippen molar-refractivity contribution >= 4 is 43.1 Å². The van der Waals surface area contributed by atoms with E-state index in [0.717, 1.165) is 0 Å². The fourth-order valence-electron chi connectivity index (χ4n) is 2.98. The molecule has 2 aromatic carbocycles. The van der Waals surface area contributed by atoms with Crippen molar-refractivity contribution in [3.05, 3.63) is 58.1 Å². The molecule has 0 amide bonds. The molecule has 0 spiro atoms. The van der Waals surface area contributed by atoms with Crippen LogP contribution in [0.1, 0.15) is 12.0 Å². The summed E-state index contributed by atoms with van der Waals surface area (Å²) in [5, 5.41) is -0.0346. The van der Waals surface area contributed by atoms with Crippen LogP contribution in [0.3, 0.4) is 0 Å². The van der Waals surface area contributed by atoms with Crippen LogP contribution in [0.4, 0.5) is 0 Å². The summed E-state index contributed by atoms with van der Waals surface area (Å²) in [5.74, 6) is 0. The molecular formula is C17H17Cl2NO4S2. The molecular weight excluding hydrogens is 417 g/mol. The molecule has 9 heteroatoms. The van der Waals surface area contributed by atoms with Crippen LogP contribution in [0.5, 0.6) is 0 Å². The Morgan fingerprint density at radius 1 is 0.962 bits per heavy atom. The van der Waals surface area contributed by atoms with Crippen LogP contribution in [0.15, 0.2) is 52.3 Å². The largest absolute Gasteiger partial charge is 0.243 e. The third kappa shape index (κ3) is 3.64. The molecule has 1 atom stereocenters. The maximum atomic E-state index is 12.9. The zero-order chi connectivity index (χ0) is 19.1. The lowest BCUT2D eigenvalue weighted by atomic mass is 10.2. The number of aryl methyl sites for hydroxylation is 1. The molecule has 0 aromatic heterocycles. The molecule has 3 rings (SSSR count). The zero-order valence-corrected chi connectivity index (χ0v) is 17.0. The molecule has 2 aromatic rings. The van der Waals surface area contributed by atoms with E-state index in [4.69, 9.17) is 23.2 Å². The fraction of sp³-hybridized carbons (Fsp3) is 0.294. The molecule has 1 aliphatic heterocycles. The van der Waals surface area contributed by atoms with Gasteiger partial charge in [0.05, 0.1) is 15.0 Å². The van der Waals surface area contributed by atoms with Crippen LogP contribution in [0.25, 0.3) is 0 Å². The van der Waals surface area contributed by atoms with E-state index in [1.807, 2.05) is 0 Å². The summed E-state index contributed by atoms with van der Waals surface area (Å²) in [6.07, 6.45) is 0.240. The molecule has 5 nitrogen and oxygen atoms in total. The zero-order valence-electron chi connectivity index (χ0n) is 13.9. The van der Waals surface area contributed by atoms with Gasteiger partial charge >= 0.3 is 0 Å². The minimum Gasteiger partial charge on any atom is -0.223 e. The molecule has 26 heavy (non-hydrogen) atoms. The van der Waals surface area contributed by atoms with E-state index in [9.17, 15) is 16.8 Å². The van der Waals surface area contributed by atoms with Crippen LogP contribution in [0.2, 0.25) is 10.0 Å². The summed E-state index contributed by atoms with van der Waals surface area (Å²) in [4.78, 5) is 0.250. The lowest BCUT2D eigenvalue weighted by Gasteiger charge is -2.18. The van der Waals surface area contributed by atoms with Gasteiger partial charge in [0.2, 0.25) is 10.0 Å². The Morgan fingerprint density at radius 3 is 2.23 bits per heavy atom. The van der Waals surface area contributed by atoms with Crippen molar-refractivity contribution in [2.45, 2.75) is 28.4 Å². The summed E-state index contributed by atoms with van der Waals surface area (Å²) in [6.45, 7) is 1.74. The van der Waals surface area contributed by atoms with Gasteiger partial charge in [-0.05, 0) is 55.3 Å². The van der Waals surface area contributed by atoms with E-state index in [0.29, 0.717) is 15.6 Å². The van der Waals surface area contributed by atoms with Crippen LogP contribution in [0, 0.1) is 6.92 Å². The van der Waals surface area contributed by atoms with Gasteiger partial charge in [0, 0.05) is 23.1 Å². The lowest BCUT2D eigenvalue weighted by Crippen LogP contribution is -2.32. The van der Waals surface area contributed by atoms with Gasteiger partial charge in [0.25, 0.3) is 0 Å². The van der Waals surface area contributed by atoms with E-state index in [-0.39, 0.29) is 29.3 Å². The van der Waals surface area contributed by atoms with Crippen LogP contribution < -0.4 is 0 Å². The molecule has 1 heterocycles. The molecule has 1 saturated heterocycles. The Balaban J connectivity index is 1.88. The highest BCUT2D eigenvalue weighted by atomic mass is 35.5. The number of halogens is 2. The quantitative estimate of drug-likeness (QED) is 0.738. The van der Waals surface area contributed by atoms with Crippen molar-refractivity contribution in [3.63, 3.8) is 0 Å². The monoisotopic (exact) mass is 433 g/mol. The molecule has 0 saturated carbocycles. The summed E-state index contributed by atoms with van der Waals surface area (Å²) >= 11 is 11.7. The molecule has 1 fully saturated rings. The smallest absolute Gasteiger partial charge is 0.223 e. The predicted octanol–water partition coefficient (Wildman–Crippen LogP) is 3.54. The number of benzene rings is 2. The topological polar surface area (TPSA) is 71.5 Å². The maximum absolute atomic E-state index is 12.9. The van der Waals surface area contributed by atoms with Crippen LogP contribution in [-0.2, 0) is 19.9 Å². The summed E-state index contributed by atoms with van der Waals surface area (Å²) in [6, 6.07) is 10.5. The molecule has 0 bridgehead atoms. The Morgan fingerprint density at radius 2 is 1.58 bits per heavy atom.